The van der Waals surface area contributed by atoms with Gasteiger partial charge in [-0.25, -0.2) is 0 Å². The van der Waals surface area contributed by atoms with Crippen LogP contribution in [0.25, 0.3) is 0 Å². The Morgan fingerprint density at radius 3 is 1.05 bits per heavy atom. The van der Waals surface area contributed by atoms with E-state index in [4.69, 9.17) is 33.2 Å². The summed E-state index contributed by atoms with van der Waals surface area (Å²) in [6, 6.07) is -1.52. The first-order valence-corrected chi connectivity index (χ1v) is 15.5. The number of alkyl halides is 1. The van der Waals surface area contributed by atoms with Crippen LogP contribution in [0.2, 0.25) is 6.04 Å². The van der Waals surface area contributed by atoms with Gasteiger partial charge < -0.3 is 0 Å². The van der Waals surface area contributed by atoms with Gasteiger partial charge in [-0.2, -0.15) is 0 Å². The van der Waals surface area contributed by atoms with E-state index in [0.717, 1.165) is 12.5 Å². The van der Waals surface area contributed by atoms with Crippen LogP contribution in [-0.4, -0.2) is 10.4 Å². The molecule has 0 aromatic carbocycles. The summed E-state index contributed by atoms with van der Waals surface area (Å²) in [7, 11) is 0. The number of hydrogen-bond acceptors (Lipinski definition) is 0. The number of hydrogen-bond donors (Lipinski definition) is 0. The second-order valence-electron chi connectivity index (χ2n) is 6.00. The maximum atomic E-state index is 5.86. The maximum absolute atomic E-state index is 5.86. The zero-order valence-electron chi connectivity index (χ0n) is 13.3. The van der Waals surface area contributed by atoms with Gasteiger partial charge in [-0.05, 0) is 16.9 Å². The summed E-state index contributed by atoms with van der Waals surface area (Å²) >= 11 is 20.1. The summed E-state index contributed by atoms with van der Waals surface area (Å²) in [5.74, 6) is 0. The van der Waals surface area contributed by atoms with Crippen molar-refractivity contribution in [1.82, 2.24) is 0 Å². The molecule has 128 valence electrons. The van der Waals surface area contributed by atoms with Crippen LogP contribution < -0.4 is 0 Å². The van der Waals surface area contributed by atoms with Crippen molar-refractivity contribution in [2.75, 3.05) is 4.43 Å². The molecule has 5 heteroatoms. The fraction of sp³-hybridized carbons (Fsp3) is 1.00. The largest absolute Gasteiger partial charge is 0.341 e. The van der Waals surface area contributed by atoms with Gasteiger partial charge >= 0.3 is 6.00 Å². The van der Waals surface area contributed by atoms with Gasteiger partial charge in [-0.1, -0.05) is 106 Å². The zero-order chi connectivity index (χ0) is 15.8. The van der Waals surface area contributed by atoms with Crippen LogP contribution in [0.5, 0.6) is 0 Å². The van der Waals surface area contributed by atoms with Crippen molar-refractivity contribution in [1.29, 1.82) is 0 Å². The Kier molecular flexibility index (Phi) is 18.1. The molecule has 0 heterocycles. The quantitative estimate of drug-likeness (QED) is 0.0675. The number of unbranched alkanes of at least 4 members (excludes halogenated alkanes) is 13. The van der Waals surface area contributed by atoms with E-state index in [2.05, 4.69) is 22.6 Å². The molecule has 21 heavy (non-hydrogen) atoms. The molecule has 0 rings (SSSR count). The average molecular weight is 486 g/mol. The molecule has 0 aliphatic heterocycles. The average Bonchev–Trinajstić information content (AvgIpc) is 2.42. The summed E-state index contributed by atoms with van der Waals surface area (Å²) < 4.78 is 1.32. The molecule has 0 amide bonds. The molecule has 0 aliphatic carbocycles. The third kappa shape index (κ3) is 21.8. The minimum atomic E-state index is -2.35. The molecule has 0 atom stereocenters. The Labute approximate surface area is 161 Å². The molecule has 0 aliphatic rings. The van der Waals surface area contributed by atoms with E-state index in [9.17, 15) is 0 Å². The highest BCUT2D eigenvalue weighted by Gasteiger charge is 2.23. The molecule has 0 bridgehead atoms. The highest BCUT2D eigenvalue weighted by molar-refractivity contribution is 14.1. The van der Waals surface area contributed by atoms with Crippen molar-refractivity contribution in [2.24, 2.45) is 0 Å². The van der Waals surface area contributed by atoms with Crippen LogP contribution >= 0.6 is 55.8 Å². The SMILES string of the molecule is Cl[Si](Cl)(Cl)CCCCCCCCCCCCCCCCI. The molecule has 0 aromatic rings. The van der Waals surface area contributed by atoms with Crippen LogP contribution in [-0.2, 0) is 0 Å². The van der Waals surface area contributed by atoms with E-state index in [0.29, 0.717) is 0 Å². The van der Waals surface area contributed by atoms with Crippen LogP contribution in [0, 0.1) is 0 Å². The lowest BCUT2D eigenvalue weighted by Crippen LogP contribution is -2.07. The predicted octanol–water partition coefficient (Wildman–Crippen LogP) is 8.54. The lowest BCUT2D eigenvalue weighted by molar-refractivity contribution is 0.539. The van der Waals surface area contributed by atoms with Gasteiger partial charge in [0.2, 0.25) is 0 Å². The fourth-order valence-corrected chi connectivity index (χ4v) is 4.93. The minimum absolute atomic E-state index is 0.829. The summed E-state index contributed by atoms with van der Waals surface area (Å²) in [5, 5.41) is 0. The van der Waals surface area contributed by atoms with Gasteiger partial charge in [-0.15, -0.1) is 33.2 Å². The van der Waals surface area contributed by atoms with Crippen molar-refractivity contribution in [3.63, 3.8) is 0 Å². The Balaban J connectivity index is 3.00. The van der Waals surface area contributed by atoms with E-state index >= 15 is 0 Å². The van der Waals surface area contributed by atoms with Crippen LogP contribution in [0.15, 0.2) is 0 Å². The topological polar surface area (TPSA) is 0 Å². The summed E-state index contributed by atoms with van der Waals surface area (Å²) in [6.07, 6.45) is 19.3. The summed E-state index contributed by atoms with van der Waals surface area (Å²) in [5.41, 5.74) is 0. The smallest absolute Gasteiger partial charge is 0.126 e. The van der Waals surface area contributed by atoms with E-state index in [1.807, 2.05) is 0 Å². The monoisotopic (exact) mass is 484 g/mol. The Bertz CT molecular complexity index is 210. The van der Waals surface area contributed by atoms with E-state index in [1.54, 1.807) is 0 Å². The third-order valence-electron chi connectivity index (χ3n) is 3.84. The molecular weight excluding hydrogens is 454 g/mol. The molecule has 0 nitrogen and oxygen atoms in total. The van der Waals surface area contributed by atoms with Gasteiger partial charge in [0.05, 0.1) is 0 Å². The third-order valence-corrected chi connectivity index (χ3v) is 7.23. The molecular formula is C16H32Cl3ISi. The fourth-order valence-electron chi connectivity index (χ4n) is 2.54. The van der Waals surface area contributed by atoms with Crippen molar-refractivity contribution in [3.05, 3.63) is 0 Å². The molecule has 0 fully saturated rings. The molecule has 0 unspecified atom stereocenters. The van der Waals surface area contributed by atoms with E-state index in [-0.39, 0.29) is 0 Å². The van der Waals surface area contributed by atoms with Gasteiger partial charge in [0.1, 0.15) is 0 Å². The lowest BCUT2D eigenvalue weighted by atomic mass is 10.0. The Morgan fingerprint density at radius 1 is 0.476 bits per heavy atom. The van der Waals surface area contributed by atoms with E-state index < -0.39 is 6.00 Å². The molecule has 0 aromatic heterocycles. The van der Waals surface area contributed by atoms with Crippen LogP contribution in [0.1, 0.15) is 89.9 Å². The minimum Gasteiger partial charge on any atom is -0.126 e. The standard InChI is InChI=1S/C16H32Cl3ISi/c17-21(18,19)16-14-12-10-8-6-4-2-1-3-5-7-9-11-13-15-20/h1-16H2. The van der Waals surface area contributed by atoms with Crippen molar-refractivity contribution >= 4 is 61.8 Å². The van der Waals surface area contributed by atoms with Crippen LogP contribution in [0.4, 0.5) is 0 Å². The van der Waals surface area contributed by atoms with Crippen LogP contribution in [0.3, 0.4) is 0 Å². The number of rotatable bonds is 16. The Morgan fingerprint density at radius 2 is 0.762 bits per heavy atom. The highest BCUT2D eigenvalue weighted by Crippen LogP contribution is 2.27. The molecule has 0 radical (unpaired) electrons. The molecule has 0 saturated carbocycles. The predicted molar refractivity (Wildman–Crippen MR) is 112 cm³/mol. The first-order valence-electron chi connectivity index (χ1n) is 8.69. The first-order chi connectivity index (χ1) is 10.1. The van der Waals surface area contributed by atoms with E-state index in [1.165, 1.54) is 87.9 Å². The second-order valence-corrected chi connectivity index (χ2v) is 16.4. The van der Waals surface area contributed by atoms with Crippen molar-refractivity contribution in [3.8, 4) is 0 Å². The maximum Gasteiger partial charge on any atom is 0.341 e. The normalized spacial score (nSPS) is 12.0. The Hall–Kier alpha value is 1.82. The zero-order valence-corrected chi connectivity index (χ0v) is 18.8. The highest BCUT2D eigenvalue weighted by atomic mass is 127. The second kappa shape index (κ2) is 16.7. The van der Waals surface area contributed by atoms with Crippen molar-refractivity contribution < 1.29 is 0 Å². The summed E-state index contributed by atoms with van der Waals surface area (Å²) in [4.78, 5) is 0. The van der Waals surface area contributed by atoms with Gasteiger partial charge in [0.15, 0.2) is 0 Å². The number of halogens is 4. The molecule has 0 saturated heterocycles. The molecule has 0 spiro atoms. The summed E-state index contributed by atoms with van der Waals surface area (Å²) in [6.45, 7) is 0. The molecule has 0 N–H and O–H groups in total. The van der Waals surface area contributed by atoms with Crippen molar-refractivity contribution in [2.45, 2.75) is 95.9 Å². The van der Waals surface area contributed by atoms with Gasteiger partial charge in [0.25, 0.3) is 0 Å². The van der Waals surface area contributed by atoms with Gasteiger partial charge in [-0.3, -0.25) is 0 Å². The van der Waals surface area contributed by atoms with Gasteiger partial charge in [0, 0.05) is 0 Å². The first kappa shape index (κ1) is 22.8. The lowest BCUT2D eigenvalue weighted by Gasteiger charge is -2.06.